The SMILES string of the molecule is Cl.NC1(c2noc(/C=C/Sc3ccccc3)n2)CCC1. The van der Waals surface area contributed by atoms with Crippen molar-refractivity contribution in [3.05, 3.63) is 47.5 Å². The van der Waals surface area contributed by atoms with Gasteiger partial charge in [0.15, 0.2) is 5.82 Å². The summed E-state index contributed by atoms with van der Waals surface area (Å²) in [5, 5.41) is 5.91. The van der Waals surface area contributed by atoms with Gasteiger partial charge in [-0.2, -0.15) is 4.98 Å². The summed E-state index contributed by atoms with van der Waals surface area (Å²) in [6, 6.07) is 10.1. The van der Waals surface area contributed by atoms with E-state index in [1.807, 2.05) is 29.7 Å². The second-order valence-corrected chi connectivity index (χ2v) is 5.68. The first kappa shape index (κ1) is 15.1. The minimum atomic E-state index is -0.359. The Morgan fingerprint density at radius 3 is 2.65 bits per heavy atom. The summed E-state index contributed by atoms with van der Waals surface area (Å²) in [6.07, 6.45) is 4.83. The predicted molar refractivity (Wildman–Crippen MR) is 82.6 cm³/mol. The Morgan fingerprint density at radius 1 is 1.25 bits per heavy atom. The summed E-state index contributed by atoms with van der Waals surface area (Å²) in [7, 11) is 0. The van der Waals surface area contributed by atoms with Crippen LogP contribution in [-0.4, -0.2) is 10.1 Å². The smallest absolute Gasteiger partial charge is 0.251 e. The van der Waals surface area contributed by atoms with Gasteiger partial charge in [-0.1, -0.05) is 35.1 Å². The van der Waals surface area contributed by atoms with Gasteiger partial charge < -0.3 is 10.3 Å². The standard InChI is InChI=1S/C14H15N3OS.ClH/c15-14(8-4-9-14)13-16-12(18-17-13)7-10-19-11-5-2-1-3-6-11;/h1-3,5-7,10H,4,8-9,15H2;1H/b10-7+;. The maximum atomic E-state index is 6.14. The number of hydrogen-bond acceptors (Lipinski definition) is 5. The summed E-state index contributed by atoms with van der Waals surface area (Å²) in [4.78, 5) is 5.51. The summed E-state index contributed by atoms with van der Waals surface area (Å²) in [6.45, 7) is 0. The quantitative estimate of drug-likeness (QED) is 0.874. The van der Waals surface area contributed by atoms with E-state index in [9.17, 15) is 0 Å². The Bertz CT molecular complexity index is 581. The van der Waals surface area contributed by atoms with E-state index in [0.717, 1.165) is 19.3 Å². The van der Waals surface area contributed by atoms with E-state index in [0.29, 0.717) is 11.7 Å². The first-order chi connectivity index (χ1) is 9.26. The van der Waals surface area contributed by atoms with Crippen molar-refractivity contribution in [2.75, 3.05) is 0 Å². The maximum absolute atomic E-state index is 6.14. The lowest BCUT2D eigenvalue weighted by molar-refractivity contribution is 0.229. The molecule has 0 unspecified atom stereocenters. The van der Waals surface area contributed by atoms with Gasteiger partial charge >= 0.3 is 0 Å². The van der Waals surface area contributed by atoms with Crippen molar-refractivity contribution in [3.8, 4) is 0 Å². The van der Waals surface area contributed by atoms with Crippen LogP contribution in [0.3, 0.4) is 0 Å². The fourth-order valence-corrected chi connectivity index (χ4v) is 2.61. The topological polar surface area (TPSA) is 64.9 Å². The molecule has 0 saturated heterocycles. The van der Waals surface area contributed by atoms with Crippen molar-refractivity contribution in [2.24, 2.45) is 5.73 Å². The van der Waals surface area contributed by atoms with E-state index in [1.165, 1.54) is 4.90 Å². The molecule has 1 heterocycles. The molecule has 0 atom stereocenters. The first-order valence-corrected chi connectivity index (χ1v) is 7.16. The lowest BCUT2D eigenvalue weighted by atomic mass is 9.77. The van der Waals surface area contributed by atoms with Crippen molar-refractivity contribution in [1.82, 2.24) is 10.1 Å². The molecule has 3 rings (SSSR count). The predicted octanol–water partition coefficient (Wildman–Crippen LogP) is 3.59. The zero-order valence-electron chi connectivity index (χ0n) is 10.9. The maximum Gasteiger partial charge on any atom is 0.251 e. The highest BCUT2D eigenvalue weighted by molar-refractivity contribution is 8.02. The highest BCUT2D eigenvalue weighted by atomic mass is 35.5. The fraction of sp³-hybridized carbons (Fsp3) is 0.286. The average molecular weight is 310 g/mol. The Hall–Kier alpha value is -1.30. The van der Waals surface area contributed by atoms with Gasteiger partial charge in [0.25, 0.3) is 5.89 Å². The zero-order valence-corrected chi connectivity index (χ0v) is 12.5. The van der Waals surface area contributed by atoms with Gasteiger partial charge in [-0.25, -0.2) is 0 Å². The Labute approximate surface area is 128 Å². The molecule has 4 nitrogen and oxygen atoms in total. The van der Waals surface area contributed by atoms with E-state index in [1.54, 1.807) is 11.8 Å². The van der Waals surface area contributed by atoms with Crippen molar-refractivity contribution in [3.63, 3.8) is 0 Å². The summed E-state index contributed by atoms with van der Waals surface area (Å²) >= 11 is 1.61. The highest BCUT2D eigenvalue weighted by Crippen LogP contribution is 2.36. The summed E-state index contributed by atoms with van der Waals surface area (Å²) in [5.41, 5.74) is 5.78. The molecule has 1 fully saturated rings. The highest BCUT2D eigenvalue weighted by Gasteiger charge is 2.38. The second kappa shape index (κ2) is 6.43. The largest absolute Gasteiger partial charge is 0.335 e. The third-order valence-corrected chi connectivity index (χ3v) is 4.11. The molecule has 1 saturated carbocycles. The van der Waals surface area contributed by atoms with Crippen LogP contribution < -0.4 is 5.73 Å². The van der Waals surface area contributed by atoms with Gasteiger partial charge in [0.2, 0.25) is 0 Å². The molecule has 2 N–H and O–H groups in total. The molecule has 0 spiro atoms. The van der Waals surface area contributed by atoms with E-state index in [4.69, 9.17) is 10.3 Å². The molecule has 1 aromatic carbocycles. The fourth-order valence-electron chi connectivity index (χ4n) is 1.96. The number of nitrogens with zero attached hydrogens (tertiary/aromatic N) is 2. The van der Waals surface area contributed by atoms with Crippen LogP contribution in [0.5, 0.6) is 0 Å². The Kier molecular flexibility index (Phi) is 4.86. The van der Waals surface area contributed by atoms with Crippen LogP contribution >= 0.6 is 24.2 Å². The molecule has 1 aliphatic rings. The zero-order chi connectivity index (χ0) is 13.1. The van der Waals surface area contributed by atoms with Crippen LogP contribution in [0.15, 0.2) is 45.2 Å². The average Bonchev–Trinajstić information content (AvgIpc) is 2.86. The molecule has 6 heteroatoms. The minimum Gasteiger partial charge on any atom is -0.335 e. The van der Waals surface area contributed by atoms with Gasteiger partial charge in [-0.05, 0) is 36.8 Å². The van der Waals surface area contributed by atoms with Crippen LogP contribution in [0.2, 0.25) is 0 Å². The molecule has 1 aliphatic carbocycles. The number of hydrogen-bond donors (Lipinski definition) is 1. The van der Waals surface area contributed by atoms with Gasteiger partial charge in [0, 0.05) is 11.0 Å². The molecule has 0 amide bonds. The van der Waals surface area contributed by atoms with Crippen molar-refractivity contribution in [2.45, 2.75) is 29.7 Å². The molecule has 106 valence electrons. The van der Waals surface area contributed by atoms with Crippen molar-refractivity contribution < 1.29 is 4.52 Å². The normalized spacial score (nSPS) is 16.6. The molecule has 0 radical (unpaired) electrons. The number of benzene rings is 1. The van der Waals surface area contributed by atoms with Crippen molar-refractivity contribution >= 4 is 30.2 Å². The molecule has 1 aromatic heterocycles. The number of aromatic nitrogens is 2. The van der Waals surface area contributed by atoms with Gasteiger partial charge in [-0.3, -0.25) is 0 Å². The van der Waals surface area contributed by atoms with Crippen LogP contribution in [0.4, 0.5) is 0 Å². The number of nitrogens with two attached hydrogens (primary N) is 1. The Morgan fingerprint density at radius 2 is 2.00 bits per heavy atom. The monoisotopic (exact) mass is 309 g/mol. The molecule has 0 bridgehead atoms. The van der Waals surface area contributed by atoms with Crippen LogP contribution in [0.25, 0.3) is 6.08 Å². The number of halogens is 1. The van der Waals surface area contributed by atoms with E-state index < -0.39 is 0 Å². The number of thioether (sulfide) groups is 1. The third-order valence-electron chi connectivity index (χ3n) is 3.29. The van der Waals surface area contributed by atoms with Gasteiger partial charge in [0.1, 0.15) is 0 Å². The molecule has 20 heavy (non-hydrogen) atoms. The molecular weight excluding hydrogens is 294 g/mol. The van der Waals surface area contributed by atoms with E-state index in [2.05, 4.69) is 22.3 Å². The van der Waals surface area contributed by atoms with Crippen LogP contribution in [0, 0.1) is 0 Å². The lowest BCUT2D eigenvalue weighted by Gasteiger charge is -2.34. The van der Waals surface area contributed by atoms with E-state index >= 15 is 0 Å². The minimum absolute atomic E-state index is 0. The van der Waals surface area contributed by atoms with Crippen LogP contribution in [-0.2, 0) is 5.54 Å². The summed E-state index contributed by atoms with van der Waals surface area (Å²) in [5.74, 6) is 1.14. The van der Waals surface area contributed by atoms with Gasteiger partial charge in [0.05, 0.1) is 5.54 Å². The second-order valence-electron chi connectivity index (χ2n) is 4.70. The van der Waals surface area contributed by atoms with Crippen LogP contribution in [0.1, 0.15) is 31.0 Å². The summed E-state index contributed by atoms with van der Waals surface area (Å²) < 4.78 is 5.18. The van der Waals surface area contributed by atoms with E-state index in [-0.39, 0.29) is 17.9 Å². The first-order valence-electron chi connectivity index (χ1n) is 6.28. The Balaban J connectivity index is 0.00000147. The van der Waals surface area contributed by atoms with Gasteiger partial charge in [-0.15, -0.1) is 12.4 Å². The molecule has 0 aliphatic heterocycles. The lowest BCUT2D eigenvalue weighted by Crippen LogP contribution is -2.44. The molecular formula is C14H16ClN3OS. The molecule has 2 aromatic rings. The van der Waals surface area contributed by atoms with Crippen molar-refractivity contribution in [1.29, 1.82) is 0 Å². The number of rotatable bonds is 4. The third kappa shape index (κ3) is 3.23.